The van der Waals surface area contributed by atoms with Gasteiger partial charge in [-0.15, -0.1) is 0 Å². The van der Waals surface area contributed by atoms with Crippen molar-refractivity contribution in [3.8, 4) is 6.07 Å². The lowest BCUT2D eigenvalue weighted by Gasteiger charge is -2.08. The fourth-order valence-electron chi connectivity index (χ4n) is 1.08. The van der Waals surface area contributed by atoms with Gasteiger partial charge in [-0.05, 0) is 12.1 Å². The van der Waals surface area contributed by atoms with Crippen molar-refractivity contribution in [1.29, 1.82) is 5.26 Å². The van der Waals surface area contributed by atoms with E-state index in [-0.39, 0.29) is 18.9 Å². The second-order valence-corrected chi connectivity index (χ2v) is 3.09. The van der Waals surface area contributed by atoms with E-state index in [1.54, 1.807) is 24.3 Å². The zero-order chi connectivity index (χ0) is 11.1. The van der Waals surface area contributed by atoms with E-state index in [2.05, 4.69) is 5.32 Å². The van der Waals surface area contributed by atoms with Crippen molar-refractivity contribution in [2.45, 2.75) is 12.5 Å². The third-order valence-corrected chi connectivity index (χ3v) is 1.86. The summed E-state index contributed by atoms with van der Waals surface area (Å²) in [4.78, 5) is 11.4. The summed E-state index contributed by atoms with van der Waals surface area (Å²) < 4.78 is 0. The van der Waals surface area contributed by atoms with Crippen LogP contribution in [0.5, 0.6) is 0 Å². The number of hydrogen-bond acceptors (Lipinski definition) is 3. The first kappa shape index (κ1) is 11.2. The smallest absolute Gasteiger partial charge is 0.251 e. The maximum Gasteiger partial charge on any atom is 0.251 e. The van der Waals surface area contributed by atoms with Crippen LogP contribution in [0.2, 0.25) is 0 Å². The number of amides is 1. The van der Waals surface area contributed by atoms with Gasteiger partial charge in [0, 0.05) is 12.1 Å². The Kier molecular flexibility index (Phi) is 4.32. The molecule has 0 aromatic heterocycles. The van der Waals surface area contributed by atoms with Crippen molar-refractivity contribution in [2.75, 3.05) is 6.54 Å². The molecule has 4 heteroatoms. The minimum Gasteiger partial charge on any atom is -0.390 e. The van der Waals surface area contributed by atoms with Crippen LogP contribution in [0.4, 0.5) is 0 Å². The highest BCUT2D eigenvalue weighted by Gasteiger charge is 2.07. The van der Waals surface area contributed by atoms with Crippen molar-refractivity contribution in [2.24, 2.45) is 0 Å². The summed E-state index contributed by atoms with van der Waals surface area (Å²) in [7, 11) is 0. The summed E-state index contributed by atoms with van der Waals surface area (Å²) in [5, 5.41) is 20.0. The molecule has 0 aliphatic carbocycles. The molecule has 1 amide bonds. The Morgan fingerprint density at radius 1 is 1.47 bits per heavy atom. The van der Waals surface area contributed by atoms with Crippen LogP contribution in [0.3, 0.4) is 0 Å². The van der Waals surface area contributed by atoms with Gasteiger partial charge in [-0.25, -0.2) is 0 Å². The van der Waals surface area contributed by atoms with Crippen LogP contribution < -0.4 is 5.32 Å². The molecule has 15 heavy (non-hydrogen) atoms. The number of benzene rings is 1. The largest absolute Gasteiger partial charge is 0.390 e. The molecular formula is C11H12N2O2. The van der Waals surface area contributed by atoms with Gasteiger partial charge >= 0.3 is 0 Å². The van der Waals surface area contributed by atoms with Crippen LogP contribution in [0, 0.1) is 11.3 Å². The molecule has 0 saturated carbocycles. The Morgan fingerprint density at radius 2 is 2.13 bits per heavy atom. The number of aliphatic hydroxyl groups is 1. The van der Waals surface area contributed by atoms with E-state index >= 15 is 0 Å². The summed E-state index contributed by atoms with van der Waals surface area (Å²) >= 11 is 0. The van der Waals surface area contributed by atoms with Crippen LogP contribution in [-0.2, 0) is 0 Å². The predicted octanol–water partition coefficient (Wildman–Crippen LogP) is 0.691. The van der Waals surface area contributed by atoms with Crippen molar-refractivity contribution in [3.05, 3.63) is 35.9 Å². The molecule has 1 atom stereocenters. The number of carbonyl (C=O) groups excluding carboxylic acids is 1. The average Bonchev–Trinajstić information content (AvgIpc) is 2.27. The average molecular weight is 204 g/mol. The van der Waals surface area contributed by atoms with Gasteiger partial charge in [-0.1, -0.05) is 18.2 Å². The number of nitriles is 1. The molecule has 0 saturated heterocycles. The number of hydrogen-bond donors (Lipinski definition) is 2. The quantitative estimate of drug-likeness (QED) is 0.757. The minimum absolute atomic E-state index is 0.0229. The zero-order valence-electron chi connectivity index (χ0n) is 8.18. The molecule has 1 aromatic rings. The molecular weight excluding hydrogens is 192 g/mol. The molecule has 4 nitrogen and oxygen atoms in total. The topological polar surface area (TPSA) is 73.1 Å². The van der Waals surface area contributed by atoms with Gasteiger partial charge in [-0.2, -0.15) is 5.26 Å². The molecule has 0 aliphatic heterocycles. The standard InChI is InChI=1S/C11H12N2O2/c12-7-6-10(14)8-13-11(15)9-4-2-1-3-5-9/h1-5,10,14H,6,8H2,(H,13,15). The van der Waals surface area contributed by atoms with E-state index in [1.807, 2.05) is 12.1 Å². The first-order chi connectivity index (χ1) is 7.24. The second-order valence-electron chi connectivity index (χ2n) is 3.09. The summed E-state index contributed by atoms with van der Waals surface area (Å²) in [6.07, 6.45) is -0.780. The molecule has 1 rings (SSSR count). The maximum absolute atomic E-state index is 11.4. The number of carbonyl (C=O) groups is 1. The fourth-order valence-corrected chi connectivity index (χ4v) is 1.08. The molecule has 0 radical (unpaired) electrons. The number of rotatable bonds is 4. The minimum atomic E-state index is -0.803. The predicted molar refractivity (Wildman–Crippen MR) is 55.0 cm³/mol. The highest BCUT2D eigenvalue weighted by molar-refractivity contribution is 5.94. The molecule has 0 bridgehead atoms. The third kappa shape index (κ3) is 3.79. The molecule has 2 N–H and O–H groups in total. The van der Waals surface area contributed by atoms with E-state index in [0.717, 1.165) is 0 Å². The van der Waals surface area contributed by atoms with Gasteiger partial charge in [-0.3, -0.25) is 4.79 Å². The van der Waals surface area contributed by atoms with Gasteiger partial charge in [0.25, 0.3) is 5.91 Å². The van der Waals surface area contributed by atoms with E-state index in [9.17, 15) is 9.90 Å². The molecule has 0 fully saturated rings. The first-order valence-corrected chi connectivity index (χ1v) is 4.62. The lowest BCUT2D eigenvalue weighted by Crippen LogP contribution is -2.31. The van der Waals surface area contributed by atoms with Gasteiger partial charge in [0.05, 0.1) is 18.6 Å². The van der Waals surface area contributed by atoms with E-state index < -0.39 is 6.10 Å². The lowest BCUT2D eigenvalue weighted by atomic mass is 10.2. The molecule has 0 spiro atoms. The van der Waals surface area contributed by atoms with E-state index in [1.165, 1.54) is 0 Å². The molecule has 1 aromatic carbocycles. The molecule has 78 valence electrons. The van der Waals surface area contributed by atoms with Crippen molar-refractivity contribution in [3.63, 3.8) is 0 Å². The van der Waals surface area contributed by atoms with E-state index in [0.29, 0.717) is 5.56 Å². The van der Waals surface area contributed by atoms with Crippen LogP contribution in [0.1, 0.15) is 16.8 Å². The SMILES string of the molecule is N#CCC(O)CNC(=O)c1ccccc1. The fraction of sp³-hybridized carbons (Fsp3) is 0.273. The second kappa shape index (κ2) is 5.78. The van der Waals surface area contributed by atoms with Gasteiger partial charge in [0.15, 0.2) is 0 Å². The summed E-state index contributed by atoms with van der Waals surface area (Å²) in [5.74, 6) is -0.243. The van der Waals surface area contributed by atoms with Crippen LogP contribution >= 0.6 is 0 Å². The summed E-state index contributed by atoms with van der Waals surface area (Å²) in [5.41, 5.74) is 0.543. The van der Waals surface area contributed by atoms with Crippen molar-refractivity contribution >= 4 is 5.91 Å². The van der Waals surface area contributed by atoms with Crippen LogP contribution in [0.15, 0.2) is 30.3 Å². The Balaban J connectivity index is 2.41. The Labute approximate surface area is 88.2 Å². The van der Waals surface area contributed by atoms with Crippen LogP contribution in [-0.4, -0.2) is 23.7 Å². The van der Waals surface area contributed by atoms with E-state index in [4.69, 9.17) is 5.26 Å². The Bertz CT molecular complexity index is 357. The number of aliphatic hydroxyl groups excluding tert-OH is 1. The lowest BCUT2D eigenvalue weighted by molar-refractivity contribution is 0.0918. The highest BCUT2D eigenvalue weighted by Crippen LogP contribution is 1.98. The molecule has 0 aliphatic rings. The normalized spacial score (nSPS) is 11.5. The van der Waals surface area contributed by atoms with Gasteiger partial charge in [0.2, 0.25) is 0 Å². The third-order valence-electron chi connectivity index (χ3n) is 1.86. The number of nitrogens with one attached hydrogen (secondary N) is 1. The monoisotopic (exact) mass is 204 g/mol. The van der Waals surface area contributed by atoms with Crippen molar-refractivity contribution in [1.82, 2.24) is 5.32 Å². The zero-order valence-corrected chi connectivity index (χ0v) is 8.18. The number of nitrogens with zero attached hydrogens (tertiary/aromatic N) is 1. The summed E-state index contributed by atoms with van der Waals surface area (Å²) in [6.45, 7) is 0.0985. The summed E-state index contributed by atoms with van der Waals surface area (Å²) in [6, 6.07) is 10.6. The van der Waals surface area contributed by atoms with Gasteiger partial charge in [0.1, 0.15) is 0 Å². The van der Waals surface area contributed by atoms with Gasteiger partial charge < -0.3 is 10.4 Å². The van der Waals surface area contributed by atoms with Crippen molar-refractivity contribution < 1.29 is 9.90 Å². The Morgan fingerprint density at radius 3 is 2.73 bits per heavy atom. The first-order valence-electron chi connectivity index (χ1n) is 4.62. The molecule has 1 unspecified atom stereocenters. The van der Waals surface area contributed by atoms with Crippen LogP contribution in [0.25, 0.3) is 0 Å². The highest BCUT2D eigenvalue weighted by atomic mass is 16.3. The maximum atomic E-state index is 11.4. The Hall–Kier alpha value is -1.86. The molecule has 0 heterocycles.